The average Bonchev–Trinajstić information content (AvgIpc) is 3.60. The molecular formula is C48H34N2O. The number of rotatable bonds is 8. The summed E-state index contributed by atoms with van der Waals surface area (Å²) in [4.78, 5) is 4.65. The summed E-state index contributed by atoms with van der Waals surface area (Å²) in [6.45, 7) is 0. The van der Waals surface area contributed by atoms with E-state index in [1.54, 1.807) is 0 Å². The lowest BCUT2D eigenvalue weighted by Gasteiger charge is -2.29. The van der Waals surface area contributed by atoms with Crippen molar-refractivity contribution in [3.05, 3.63) is 206 Å². The summed E-state index contributed by atoms with van der Waals surface area (Å²) in [7, 11) is 0. The number of furan rings is 1. The second-order valence-electron chi connectivity index (χ2n) is 12.6. The number of hydrogen-bond donors (Lipinski definition) is 0. The minimum Gasteiger partial charge on any atom is -0.454 e. The highest BCUT2D eigenvalue weighted by Gasteiger charge is 2.21. The Bertz CT molecular complexity index is 2540. The van der Waals surface area contributed by atoms with E-state index in [4.69, 9.17) is 4.42 Å². The molecule has 0 radical (unpaired) electrons. The fourth-order valence-corrected chi connectivity index (χ4v) is 7.08. The van der Waals surface area contributed by atoms with Crippen molar-refractivity contribution >= 4 is 56.1 Å². The Hall–Kier alpha value is -6.84. The Morgan fingerprint density at radius 1 is 0.314 bits per heavy atom. The van der Waals surface area contributed by atoms with E-state index in [9.17, 15) is 0 Å². The number of hydrogen-bond acceptors (Lipinski definition) is 3. The molecule has 3 nitrogen and oxygen atoms in total. The number of benzene rings is 8. The van der Waals surface area contributed by atoms with Gasteiger partial charge < -0.3 is 14.2 Å². The quantitative estimate of drug-likeness (QED) is 0.163. The Kier molecular flexibility index (Phi) is 7.84. The molecule has 0 aliphatic rings. The largest absolute Gasteiger partial charge is 0.454 e. The zero-order valence-electron chi connectivity index (χ0n) is 27.9. The van der Waals surface area contributed by atoms with E-state index in [1.807, 2.05) is 12.1 Å². The molecular weight excluding hydrogens is 621 g/mol. The van der Waals surface area contributed by atoms with Gasteiger partial charge in [-0.2, -0.15) is 0 Å². The lowest BCUT2D eigenvalue weighted by atomic mass is 10.00. The van der Waals surface area contributed by atoms with Crippen LogP contribution in [0.3, 0.4) is 0 Å². The van der Waals surface area contributed by atoms with Gasteiger partial charge in [0.05, 0.1) is 11.4 Å². The standard InChI is InChI=1S/C48H34N2O/c1-4-16-35(17-5-1)36-30-32-40(33-31-36)50(46-28-15-26-44-43-25-11-13-29-47(43)51-48(44)46)41-23-14-18-37(34-41)42-24-10-12-27-45(42)49(38-19-6-2-7-20-38)39-21-8-3-9-22-39/h1-34H. The van der Waals surface area contributed by atoms with E-state index < -0.39 is 0 Å². The van der Waals surface area contributed by atoms with Crippen molar-refractivity contribution in [3.8, 4) is 22.3 Å². The molecule has 0 saturated carbocycles. The molecule has 1 heterocycles. The van der Waals surface area contributed by atoms with Crippen LogP contribution in [0, 0.1) is 0 Å². The molecule has 0 bridgehead atoms. The summed E-state index contributed by atoms with van der Waals surface area (Å²) in [5.41, 5.74) is 12.7. The summed E-state index contributed by atoms with van der Waals surface area (Å²) >= 11 is 0. The van der Waals surface area contributed by atoms with E-state index in [-0.39, 0.29) is 0 Å². The van der Waals surface area contributed by atoms with E-state index >= 15 is 0 Å². The van der Waals surface area contributed by atoms with Crippen molar-refractivity contribution in [3.63, 3.8) is 0 Å². The van der Waals surface area contributed by atoms with Crippen LogP contribution in [0.15, 0.2) is 211 Å². The van der Waals surface area contributed by atoms with Gasteiger partial charge >= 0.3 is 0 Å². The Balaban J connectivity index is 1.22. The highest BCUT2D eigenvalue weighted by atomic mass is 16.3. The van der Waals surface area contributed by atoms with Crippen LogP contribution in [0.25, 0.3) is 44.2 Å². The summed E-state index contributed by atoms with van der Waals surface area (Å²) in [6.07, 6.45) is 0. The third-order valence-electron chi connectivity index (χ3n) is 9.45. The molecule has 0 amide bonds. The molecule has 0 unspecified atom stereocenters. The van der Waals surface area contributed by atoms with Crippen LogP contribution in [-0.4, -0.2) is 0 Å². The molecule has 51 heavy (non-hydrogen) atoms. The van der Waals surface area contributed by atoms with E-state index in [0.29, 0.717) is 0 Å². The first-order valence-electron chi connectivity index (χ1n) is 17.3. The van der Waals surface area contributed by atoms with Crippen LogP contribution in [0.1, 0.15) is 0 Å². The first-order chi connectivity index (χ1) is 25.3. The Morgan fingerprint density at radius 3 is 1.55 bits per heavy atom. The Labute approximate surface area is 297 Å². The maximum absolute atomic E-state index is 6.62. The van der Waals surface area contributed by atoms with Crippen molar-refractivity contribution in [2.75, 3.05) is 9.80 Å². The van der Waals surface area contributed by atoms with Gasteiger partial charge in [0.2, 0.25) is 0 Å². The molecule has 1 aromatic heterocycles. The van der Waals surface area contributed by atoms with Gasteiger partial charge in [-0.1, -0.05) is 140 Å². The van der Waals surface area contributed by atoms with Gasteiger partial charge in [0, 0.05) is 39.1 Å². The first-order valence-corrected chi connectivity index (χ1v) is 17.3. The lowest BCUT2D eigenvalue weighted by Crippen LogP contribution is -2.12. The third kappa shape index (κ3) is 5.71. The van der Waals surface area contributed by atoms with Crippen LogP contribution in [0.2, 0.25) is 0 Å². The molecule has 242 valence electrons. The Morgan fingerprint density at radius 2 is 0.804 bits per heavy atom. The molecule has 9 aromatic rings. The predicted octanol–water partition coefficient (Wildman–Crippen LogP) is 13.9. The predicted molar refractivity (Wildman–Crippen MR) is 214 cm³/mol. The number of nitrogens with zero attached hydrogens (tertiary/aromatic N) is 2. The number of fused-ring (bicyclic) bond motifs is 3. The van der Waals surface area contributed by atoms with Crippen molar-refractivity contribution in [1.82, 2.24) is 0 Å². The maximum Gasteiger partial charge on any atom is 0.159 e. The van der Waals surface area contributed by atoms with Crippen LogP contribution < -0.4 is 9.80 Å². The SMILES string of the molecule is c1ccc(-c2ccc(N(c3cccc(-c4ccccc4N(c4ccccc4)c4ccccc4)c3)c3cccc4c3oc3ccccc34)cc2)cc1. The van der Waals surface area contributed by atoms with Crippen LogP contribution >= 0.6 is 0 Å². The molecule has 0 saturated heterocycles. The third-order valence-corrected chi connectivity index (χ3v) is 9.45. The fraction of sp³-hybridized carbons (Fsp3) is 0. The second-order valence-corrected chi connectivity index (χ2v) is 12.6. The van der Waals surface area contributed by atoms with Crippen molar-refractivity contribution < 1.29 is 4.42 Å². The lowest BCUT2D eigenvalue weighted by molar-refractivity contribution is 0.669. The van der Waals surface area contributed by atoms with Gasteiger partial charge in [0.1, 0.15) is 5.58 Å². The number of para-hydroxylation sites is 5. The topological polar surface area (TPSA) is 19.6 Å². The fourth-order valence-electron chi connectivity index (χ4n) is 7.08. The van der Waals surface area contributed by atoms with Gasteiger partial charge in [-0.15, -0.1) is 0 Å². The zero-order chi connectivity index (χ0) is 34.0. The molecule has 8 aromatic carbocycles. The first kappa shape index (κ1) is 30.2. The van der Waals surface area contributed by atoms with Gasteiger partial charge in [0.25, 0.3) is 0 Å². The van der Waals surface area contributed by atoms with Crippen LogP contribution in [-0.2, 0) is 0 Å². The van der Waals surface area contributed by atoms with Crippen LogP contribution in [0.5, 0.6) is 0 Å². The minimum atomic E-state index is 0.857. The molecule has 0 fully saturated rings. The molecule has 0 aliphatic carbocycles. The van der Waals surface area contributed by atoms with Gasteiger partial charge in [-0.05, 0) is 83.4 Å². The van der Waals surface area contributed by atoms with E-state index in [0.717, 1.165) is 67.2 Å². The zero-order valence-corrected chi connectivity index (χ0v) is 27.9. The molecule has 0 atom stereocenters. The monoisotopic (exact) mass is 654 g/mol. The van der Waals surface area contributed by atoms with E-state index in [1.165, 1.54) is 11.1 Å². The summed E-state index contributed by atoms with van der Waals surface area (Å²) in [5, 5.41) is 2.20. The minimum absolute atomic E-state index is 0.857. The average molecular weight is 655 g/mol. The molecule has 0 N–H and O–H groups in total. The summed E-state index contributed by atoms with van der Waals surface area (Å²) < 4.78 is 6.62. The normalized spacial score (nSPS) is 11.1. The smallest absolute Gasteiger partial charge is 0.159 e. The van der Waals surface area contributed by atoms with Gasteiger partial charge in [-0.25, -0.2) is 0 Å². The second kappa shape index (κ2) is 13.2. The molecule has 9 rings (SSSR count). The van der Waals surface area contributed by atoms with Crippen molar-refractivity contribution in [2.45, 2.75) is 0 Å². The van der Waals surface area contributed by atoms with Gasteiger partial charge in [-0.3, -0.25) is 0 Å². The van der Waals surface area contributed by atoms with Crippen molar-refractivity contribution in [1.29, 1.82) is 0 Å². The van der Waals surface area contributed by atoms with E-state index in [2.05, 4.69) is 204 Å². The molecule has 0 aliphatic heterocycles. The highest BCUT2D eigenvalue weighted by molar-refractivity contribution is 6.10. The summed E-state index contributed by atoms with van der Waals surface area (Å²) in [6, 6.07) is 72.7. The molecule has 3 heteroatoms. The van der Waals surface area contributed by atoms with Gasteiger partial charge in [0.15, 0.2) is 5.58 Å². The molecule has 0 spiro atoms. The number of anilines is 6. The highest BCUT2D eigenvalue weighted by Crippen LogP contribution is 2.45. The van der Waals surface area contributed by atoms with Crippen molar-refractivity contribution in [2.24, 2.45) is 0 Å². The van der Waals surface area contributed by atoms with Crippen LogP contribution in [0.4, 0.5) is 34.1 Å². The maximum atomic E-state index is 6.62. The summed E-state index contributed by atoms with van der Waals surface area (Å²) in [5.74, 6) is 0.